The molecular weight excluding hydrogens is 295 g/mol. The van der Waals surface area contributed by atoms with E-state index in [1.165, 1.54) is 0 Å². The average Bonchev–Trinajstić information content (AvgIpc) is 2.46. The van der Waals surface area contributed by atoms with Crippen LogP contribution in [0.5, 0.6) is 0 Å². The molecule has 14 heavy (non-hydrogen) atoms. The van der Waals surface area contributed by atoms with Gasteiger partial charge in [0.2, 0.25) is 0 Å². The predicted molar refractivity (Wildman–Crippen MR) is 60.2 cm³/mol. The van der Waals surface area contributed by atoms with Gasteiger partial charge in [0.05, 0.1) is 11.9 Å². The van der Waals surface area contributed by atoms with Crippen molar-refractivity contribution >= 4 is 39.5 Å². The smallest absolute Gasteiger partial charge is 0.307 e. The van der Waals surface area contributed by atoms with E-state index >= 15 is 0 Å². The zero-order valence-electron chi connectivity index (χ0n) is 7.12. The molecule has 0 amide bonds. The Morgan fingerprint density at radius 1 is 1.57 bits per heavy atom. The first-order valence-corrected chi connectivity index (χ1v) is 5.09. The molecule has 4 nitrogen and oxygen atoms in total. The van der Waals surface area contributed by atoms with Crippen LogP contribution in [0.1, 0.15) is 5.56 Å². The number of aliphatic carboxylic acids is 1. The first-order chi connectivity index (χ1) is 6.66. The summed E-state index contributed by atoms with van der Waals surface area (Å²) < 4.78 is 0.902. The van der Waals surface area contributed by atoms with Crippen LogP contribution in [0.25, 0.3) is 10.9 Å². The van der Waals surface area contributed by atoms with Crippen molar-refractivity contribution in [3.8, 4) is 0 Å². The number of benzene rings is 1. The number of nitrogens with one attached hydrogen (secondary N) is 1. The Morgan fingerprint density at radius 2 is 2.36 bits per heavy atom. The number of hydrogen-bond acceptors (Lipinski definition) is 2. The third kappa shape index (κ3) is 1.72. The van der Waals surface area contributed by atoms with E-state index in [0.717, 1.165) is 20.2 Å². The standard InChI is InChI=1S/C9H7IN2O2/c10-9-6-2-1-5(4-8(13)14)3-7(6)11-12-9/h1-3H,4H2,(H,11,12)(H,13,14). The summed E-state index contributed by atoms with van der Waals surface area (Å²) in [6.07, 6.45) is 0.0472. The number of halogens is 1. The van der Waals surface area contributed by atoms with E-state index in [0.29, 0.717) is 0 Å². The summed E-state index contributed by atoms with van der Waals surface area (Å²) in [5, 5.41) is 16.5. The highest BCUT2D eigenvalue weighted by molar-refractivity contribution is 14.1. The van der Waals surface area contributed by atoms with Gasteiger partial charge in [-0.2, -0.15) is 5.10 Å². The molecule has 0 saturated carbocycles. The fraction of sp³-hybridized carbons (Fsp3) is 0.111. The summed E-state index contributed by atoms with van der Waals surface area (Å²) in [6, 6.07) is 5.52. The Morgan fingerprint density at radius 3 is 3.07 bits per heavy atom. The minimum atomic E-state index is -0.821. The molecule has 1 heterocycles. The number of hydrogen-bond donors (Lipinski definition) is 2. The Labute approximate surface area is 93.5 Å². The molecule has 1 aromatic carbocycles. The Balaban J connectivity index is 2.46. The lowest BCUT2D eigenvalue weighted by Crippen LogP contribution is -1.99. The molecule has 0 bridgehead atoms. The molecule has 0 fully saturated rings. The lowest BCUT2D eigenvalue weighted by Gasteiger charge is -1.96. The van der Waals surface area contributed by atoms with Gasteiger partial charge in [-0.1, -0.05) is 6.07 Å². The normalized spacial score (nSPS) is 10.6. The number of carboxylic acids is 1. The molecule has 0 aliphatic carbocycles. The van der Waals surface area contributed by atoms with Crippen molar-refractivity contribution in [2.75, 3.05) is 0 Å². The molecule has 0 spiro atoms. The zero-order valence-corrected chi connectivity index (χ0v) is 9.28. The first kappa shape index (κ1) is 9.45. The number of rotatable bonds is 2. The molecule has 0 aliphatic heterocycles. The van der Waals surface area contributed by atoms with Crippen molar-refractivity contribution in [1.29, 1.82) is 0 Å². The molecule has 2 aromatic rings. The number of aromatic nitrogens is 2. The van der Waals surface area contributed by atoms with Crippen LogP contribution in [0.4, 0.5) is 0 Å². The van der Waals surface area contributed by atoms with E-state index in [-0.39, 0.29) is 6.42 Å². The van der Waals surface area contributed by atoms with Gasteiger partial charge in [-0.25, -0.2) is 0 Å². The summed E-state index contributed by atoms with van der Waals surface area (Å²) in [5.74, 6) is -0.821. The highest BCUT2D eigenvalue weighted by Gasteiger charge is 2.05. The number of aromatic amines is 1. The SMILES string of the molecule is O=C(O)Cc1ccc2c(I)n[nH]c2c1. The average molecular weight is 302 g/mol. The number of fused-ring (bicyclic) bond motifs is 1. The number of carbonyl (C=O) groups is 1. The maximum atomic E-state index is 10.5. The second kappa shape index (κ2) is 3.56. The van der Waals surface area contributed by atoms with Crippen molar-refractivity contribution in [1.82, 2.24) is 10.2 Å². The molecule has 0 unspecified atom stereocenters. The van der Waals surface area contributed by atoms with Gasteiger partial charge in [-0.3, -0.25) is 9.89 Å². The molecule has 0 aliphatic rings. The summed E-state index contributed by atoms with van der Waals surface area (Å²) in [4.78, 5) is 10.5. The van der Waals surface area contributed by atoms with Gasteiger partial charge in [-0.15, -0.1) is 0 Å². The predicted octanol–water partition coefficient (Wildman–Crippen LogP) is 1.79. The van der Waals surface area contributed by atoms with E-state index in [1.54, 1.807) is 0 Å². The maximum absolute atomic E-state index is 10.5. The number of H-pyrrole nitrogens is 1. The van der Waals surface area contributed by atoms with Crippen molar-refractivity contribution in [3.05, 3.63) is 27.5 Å². The molecule has 2 rings (SSSR count). The highest BCUT2D eigenvalue weighted by Crippen LogP contribution is 2.18. The second-order valence-electron chi connectivity index (χ2n) is 2.96. The maximum Gasteiger partial charge on any atom is 0.307 e. The van der Waals surface area contributed by atoms with Crippen molar-refractivity contribution in [2.24, 2.45) is 0 Å². The highest BCUT2D eigenvalue weighted by atomic mass is 127. The number of nitrogens with zero attached hydrogens (tertiary/aromatic N) is 1. The van der Waals surface area contributed by atoms with E-state index in [4.69, 9.17) is 5.11 Å². The fourth-order valence-electron chi connectivity index (χ4n) is 1.32. The Hall–Kier alpha value is -1.11. The van der Waals surface area contributed by atoms with Crippen LogP contribution >= 0.6 is 22.6 Å². The van der Waals surface area contributed by atoms with Gasteiger partial charge in [0.25, 0.3) is 0 Å². The van der Waals surface area contributed by atoms with E-state index in [1.807, 2.05) is 18.2 Å². The van der Waals surface area contributed by atoms with Crippen molar-refractivity contribution < 1.29 is 9.90 Å². The zero-order chi connectivity index (χ0) is 10.1. The molecule has 0 atom stereocenters. The molecule has 5 heteroatoms. The summed E-state index contributed by atoms with van der Waals surface area (Å²) in [7, 11) is 0. The van der Waals surface area contributed by atoms with Gasteiger partial charge < -0.3 is 5.11 Å². The van der Waals surface area contributed by atoms with Gasteiger partial charge in [0.15, 0.2) is 0 Å². The minimum Gasteiger partial charge on any atom is -0.481 e. The lowest BCUT2D eigenvalue weighted by molar-refractivity contribution is -0.136. The summed E-state index contributed by atoms with van der Waals surface area (Å²) in [5.41, 5.74) is 1.67. The molecule has 0 saturated heterocycles. The summed E-state index contributed by atoms with van der Waals surface area (Å²) in [6.45, 7) is 0. The van der Waals surface area contributed by atoms with Gasteiger partial charge >= 0.3 is 5.97 Å². The van der Waals surface area contributed by atoms with Gasteiger partial charge in [0.1, 0.15) is 3.70 Å². The topological polar surface area (TPSA) is 66.0 Å². The Bertz CT molecular complexity index is 493. The third-order valence-electron chi connectivity index (χ3n) is 1.94. The molecule has 0 radical (unpaired) electrons. The second-order valence-corrected chi connectivity index (χ2v) is 3.99. The van der Waals surface area contributed by atoms with Crippen LogP contribution in [0.15, 0.2) is 18.2 Å². The van der Waals surface area contributed by atoms with Crippen molar-refractivity contribution in [3.63, 3.8) is 0 Å². The van der Waals surface area contributed by atoms with Crippen LogP contribution in [-0.4, -0.2) is 21.3 Å². The van der Waals surface area contributed by atoms with Gasteiger partial charge in [0, 0.05) is 5.39 Å². The molecule has 72 valence electrons. The summed E-state index contributed by atoms with van der Waals surface area (Å²) >= 11 is 2.13. The van der Waals surface area contributed by atoms with E-state index < -0.39 is 5.97 Å². The van der Waals surface area contributed by atoms with Crippen molar-refractivity contribution in [2.45, 2.75) is 6.42 Å². The lowest BCUT2D eigenvalue weighted by atomic mass is 10.1. The molecule has 2 N–H and O–H groups in total. The monoisotopic (exact) mass is 302 g/mol. The Kier molecular flexibility index (Phi) is 2.40. The van der Waals surface area contributed by atoms with E-state index in [9.17, 15) is 4.79 Å². The molecule has 1 aromatic heterocycles. The van der Waals surface area contributed by atoms with Crippen LogP contribution in [0.3, 0.4) is 0 Å². The third-order valence-corrected chi connectivity index (χ3v) is 2.76. The number of carboxylic acid groups (broad SMARTS) is 1. The fourth-order valence-corrected chi connectivity index (χ4v) is 1.91. The van der Waals surface area contributed by atoms with Crippen LogP contribution in [-0.2, 0) is 11.2 Å². The largest absolute Gasteiger partial charge is 0.481 e. The van der Waals surface area contributed by atoms with Crippen LogP contribution in [0.2, 0.25) is 0 Å². The molecular formula is C9H7IN2O2. The van der Waals surface area contributed by atoms with Crippen LogP contribution < -0.4 is 0 Å². The van der Waals surface area contributed by atoms with Gasteiger partial charge in [-0.05, 0) is 40.3 Å². The minimum absolute atomic E-state index is 0.0472. The first-order valence-electron chi connectivity index (χ1n) is 4.01. The quantitative estimate of drug-likeness (QED) is 0.831. The van der Waals surface area contributed by atoms with E-state index in [2.05, 4.69) is 32.8 Å². The van der Waals surface area contributed by atoms with Crippen LogP contribution in [0, 0.1) is 3.70 Å².